The number of hydrogen-bond acceptors (Lipinski definition) is 7. The summed E-state index contributed by atoms with van der Waals surface area (Å²) in [6.45, 7) is 2.39. The molecule has 3 unspecified atom stereocenters. The second-order valence-electron chi connectivity index (χ2n) is 15.0. The number of benzene rings is 6. The van der Waals surface area contributed by atoms with Crippen molar-refractivity contribution in [2.45, 2.75) is 19.0 Å². The van der Waals surface area contributed by atoms with Crippen LogP contribution in [-0.2, 0) is 0 Å². The lowest BCUT2D eigenvalue weighted by molar-refractivity contribution is 0.0208. The molecular formula is C45H32N5O3+. The molecule has 0 N–H and O–H groups in total. The molecule has 0 amide bonds. The van der Waals surface area contributed by atoms with Gasteiger partial charge in [-0.15, -0.1) is 0 Å². The van der Waals surface area contributed by atoms with Gasteiger partial charge >= 0.3 is 0 Å². The quantitative estimate of drug-likeness (QED) is 0.167. The van der Waals surface area contributed by atoms with Crippen molar-refractivity contribution in [2.24, 2.45) is 0 Å². The lowest BCUT2D eigenvalue weighted by atomic mass is 10.0. The first-order valence-corrected chi connectivity index (χ1v) is 18.1. The van der Waals surface area contributed by atoms with Gasteiger partial charge in [0.15, 0.2) is 11.5 Å². The van der Waals surface area contributed by atoms with E-state index in [9.17, 15) is 0 Å². The van der Waals surface area contributed by atoms with E-state index in [2.05, 4.69) is 150 Å². The summed E-state index contributed by atoms with van der Waals surface area (Å²) in [5, 5.41) is 4.53. The van der Waals surface area contributed by atoms with Gasteiger partial charge < -0.3 is 23.4 Å². The highest BCUT2D eigenvalue weighted by atomic mass is 16.5. The van der Waals surface area contributed by atoms with Crippen LogP contribution in [0, 0.1) is 0 Å². The van der Waals surface area contributed by atoms with E-state index in [1.807, 2.05) is 24.3 Å². The molecule has 53 heavy (non-hydrogen) atoms. The highest BCUT2D eigenvalue weighted by Crippen LogP contribution is 2.73. The van der Waals surface area contributed by atoms with Crippen LogP contribution in [0.1, 0.15) is 18.1 Å². The molecule has 0 saturated heterocycles. The molecule has 8 heteroatoms. The molecule has 8 aromatic rings. The van der Waals surface area contributed by atoms with Crippen molar-refractivity contribution in [1.82, 2.24) is 14.3 Å². The molecule has 0 bridgehead atoms. The van der Waals surface area contributed by atoms with Crippen LogP contribution in [0.25, 0.3) is 55.3 Å². The average molecular weight is 691 g/mol. The molecule has 2 aromatic heterocycles. The SMILES string of the molecule is CN1C(c2ccc3c(c2)oc2ccccc23)=CN2c3cccc4c3[N+]3(c5c(cccc5N5C=C(c6ccc7c(c6)oc6ccccc67)N(C)C53C)O4)C12. The maximum absolute atomic E-state index is 6.81. The van der Waals surface area contributed by atoms with Crippen molar-refractivity contribution in [2.75, 3.05) is 23.9 Å². The lowest BCUT2D eigenvalue weighted by Gasteiger charge is -2.52. The van der Waals surface area contributed by atoms with E-state index < -0.39 is 5.79 Å². The highest BCUT2D eigenvalue weighted by molar-refractivity contribution is 6.07. The smallest absolute Gasteiger partial charge is 0.270 e. The predicted molar refractivity (Wildman–Crippen MR) is 210 cm³/mol. The first-order valence-electron chi connectivity index (χ1n) is 18.1. The first kappa shape index (κ1) is 28.0. The normalized spacial score (nSPS) is 23.2. The first-order chi connectivity index (χ1) is 26.0. The number of hydrogen-bond donors (Lipinski definition) is 0. The fourth-order valence-electron chi connectivity index (χ4n) is 10.4. The largest absolute Gasteiger partial charge is 0.456 e. The Kier molecular flexibility index (Phi) is 4.78. The van der Waals surface area contributed by atoms with Crippen molar-refractivity contribution in [3.05, 3.63) is 145 Å². The summed E-state index contributed by atoms with van der Waals surface area (Å²) in [6.07, 6.45) is 4.51. The van der Waals surface area contributed by atoms with E-state index in [0.717, 1.165) is 89.3 Å². The Hall–Kier alpha value is -6.64. The standard InChI is InChI=1S/C45H32N5O3/c1-45-47(3)35(27-19-21-31-29-11-5-7-15-37(29)52-41(31)23-27)25-49(45)33-13-9-17-39-43(33)50(45)42-32(12-8-16-38(42)53-39)48-24-34(46(2)44(48)50)26-18-20-30-28-10-4-6-14-36(28)51-40(30)22-26/h4-25,44H,1-3H3/q+1. The summed E-state index contributed by atoms with van der Waals surface area (Å²) >= 11 is 0. The Morgan fingerprint density at radius 3 is 1.79 bits per heavy atom. The molecule has 0 fully saturated rings. The van der Waals surface area contributed by atoms with Crippen molar-refractivity contribution in [3.63, 3.8) is 0 Å². The van der Waals surface area contributed by atoms with Crippen LogP contribution in [0.4, 0.5) is 22.7 Å². The van der Waals surface area contributed by atoms with E-state index in [0.29, 0.717) is 4.48 Å². The predicted octanol–water partition coefficient (Wildman–Crippen LogP) is 10.7. The van der Waals surface area contributed by atoms with Crippen molar-refractivity contribution in [1.29, 1.82) is 0 Å². The topological polar surface area (TPSA) is 48.5 Å². The second-order valence-corrected chi connectivity index (χ2v) is 15.0. The van der Waals surface area contributed by atoms with Crippen LogP contribution in [0.5, 0.6) is 11.5 Å². The molecule has 13 rings (SSSR count). The van der Waals surface area contributed by atoms with Crippen LogP contribution in [0.15, 0.2) is 143 Å². The summed E-state index contributed by atoms with van der Waals surface area (Å²) in [5.74, 6) is 1.18. The third-order valence-corrected chi connectivity index (χ3v) is 12.7. The van der Waals surface area contributed by atoms with E-state index >= 15 is 0 Å². The van der Waals surface area contributed by atoms with Gasteiger partial charge in [-0.25, -0.2) is 0 Å². The number of nitrogens with zero attached hydrogens (tertiary/aromatic N) is 5. The minimum Gasteiger partial charge on any atom is -0.456 e. The van der Waals surface area contributed by atoms with E-state index in [4.69, 9.17) is 13.6 Å². The third kappa shape index (κ3) is 3.01. The van der Waals surface area contributed by atoms with Crippen LogP contribution in [-0.4, -0.2) is 36.0 Å². The summed E-state index contributed by atoms with van der Waals surface area (Å²) in [5.41, 5.74) is 12.7. The van der Waals surface area contributed by atoms with Crippen molar-refractivity contribution >= 4 is 78.0 Å². The maximum atomic E-state index is 6.81. The molecule has 5 aliphatic rings. The monoisotopic (exact) mass is 690 g/mol. The zero-order valence-electron chi connectivity index (χ0n) is 29.2. The van der Waals surface area contributed by atoms with Crippen molar-refractivity contribution in [3.8, 4) is 11.5 Å². The fraction of sp³-hybridized carbons (Fsp3) is 0.111. The Bertz CT molecular complexity index is 3030. The number of para-hydroxylation sites is 4. The van der Waals surface area contributed by atoms with Gasteiger partial charge in [0.2, 0.25) is 11.4 Å². The molecule has 0 saturated carbocycles. The molecule has 5 aliphatic heterocycles. The fourth-order valence-corrected chi connectivity index (χ4v) is 10.4. The Morgan fingerprint density at radius 1 is 0.566 bits per heavy atom. The van der Waals surface area contributed by atoms with Gasteiger partial charge in [0.05, 0.1) is 11.4 Å². The second kappa shape index (κ2) is 9.04. The maximum Gasteiger partial charge on any atom is 0.270 e. The number of quaternary nitrogens is 1. The molecule has 7 heterocycles. The molecule has 6 aromatic carbocycles. The number of anilines is 2. The van der Waals surface area contributed by atoms with Gasteiger partial charge in [-0.1, -0.05) is 60.7 Å². The van der Waals surface area contributed by atoms with Gasteiger partial charge in [-0.3, -0.25) is 9.80 Å². The van der Waals surface area contributed by atoms with E-state index in [1.165, 1.54) is 11.4 Å². The van der Waals surface area contributed by atoms with Crippen LogP contribution in [0.3, 0.4) is 0 Å². The molecule has 0 aliphatic carbocycles. The summed E-state index contributed by atoms with van der Waals surface area (Å²) < 4.78 is 20.1. The van der Waals surface area contributed by atoms with E-state index in [1.54, 1.807) is 0 Å². The number of fused-ring (bicyclic) bond motifs is 10. The van der Waals surface area contributed by atoms with Crippen LogP contribution < -0.4 is 19.0 Å². The minimum atomic E-state index is -0.606. The summed E-state index contributed by atoms with van der Waals surface area (Å²) in [6, 6.07) is 42.8. The third-order valence-electron chi connectivity index (χ3n) is 12.7. The van der Waals surface area contributed by atoms with Gasteiger partial charge in [0.25, 0.3) is 12.1 Å². The number of furan rings is 2. The summed E-state index contributed by atoms with van der Waals surface area (Å²) in [4.78, 5) is 9.88. The number of ether oxygens (including phenoxy) is 1. The average Bonchev–Trinajstić information content (AvgIpc) is 4.00. The van der Waals surface area contributed by atoms with Gasteiger partial charge in [-0.05, 0) is 60.7 Å². The zero-order chi connectivity index (χ0) is 35.0. The molecule has 8 nitrogen and oxygen atoms in total. The number of rotatable bonds is 2. The minimum absolute atomic E-state index is 0.139. The van der Waals surface area contributed by atoms with Gasteiger partial charge in [-0.2, -0.15) is 4.48 Å². The molecule has 254 valence electrons. The Morgan fingerprint density at radius 2 is 1.13 bits per heavy atom. The van der Waals surface area contributed by atoms with Gasteiger partial charge in [0, 0.05) is 66.1 Å². The molecular weight excluding hydrogens is 659 g/mol. The lowest BCUT2D eigenvalue weighted by Crippen LogP contribution is -2.75. The highest BCUT2D eigenvalue weighted by Gasteiger charge is 2.78. The Labute approximate surface area is 304 Å². The molecule has 0 radical (unpaired) electrons. The molecule has 1 spiro atoms. The van der Waals surface area contributed by atoms with E-state index in [-0.39, 0.29) is 6.29 Å². The Balaban J connectivity index is 1.01. The summed E-state index contributed by atoms with van der Waals surface area (Å²) in [7, 11) is 4.48. The van der Waals surface area contributed by atoms with Crippen LogP contribution >= 0.6 is 0 Å². The van der Waals surface area contributed by atoms with Crippen LogP contribution in [0.2, 0.25) is 0 Å². The van der Waals surface area contributed by atoms with Gasteiger partial charge in [0.1, 0.15) is 33.7 Å². The van der Waals surface area contributed by atoms with Crippen molar-refractivity contribution < 1.29 is 13.6 Å². The molecule has 3 atom stereocenters. The zero-order valence-corrected chi connectivity index (χ0v) is 29.2.